The standard InChI is InChI=1S/C11H18N4O.2ClH/c1-8(16)14-4-9-3-12-5-10(9)11-6-13-7-15(11)2;;/h6-7,9-10,12H,3-5H2,1-2H3,(H,14,16);2*1H. The number of aromatic nitrogens is 2. The summed E-state index contributed by atoms with van der Waals surface area (Å²) in [6.07, 6.45) is 3.74. The minimum Gasteiger partial charge on any atom is -0.356 e. The Labute approximate surface area is 120 Å². The fourth-order valence-corrected chi connectivity index (χ4v) is 2.29. The van der Waals surface area contributed by atoms with Gasteiger partial charge in [-0.3, -0.25) is 4.79 Å². The molecule has 2 heterocycles. The summed E-state index contributed by atoms with van der Waals surface area (Å²) in [5.41, 5.74) is 1.24. The first-order valence-electron chi connectivity index (χ1n) is 5.60. The van der Waals surface area contributed by atoms with Crippen molar-refractivity contribution in [2.75, 3.05) is 19.6 Å². The third-order valence-corrected chi connectivity index (χ3v) is 3.19. The molecule has 1 aliphatic heterocycles. The number of halogens is 2. The van der Waals surface area contributed by atoms with E-state index in [0.717, 1.165) is 19.6 Å². The second-order valence-corrected chi connectivity index (χ2v) is 4.39. The van der Waals surface area contributed by atoms with Crippen molar-refractivity contribution < 1.29 is 4.79 Å². The molecule has 0 spiro atoms. The van der Waals surface area contributed by atoms with Crippen LogP contribution in [0, 0.1) is 5.92 Å². The zero-order valence-corrected chi connectivity index (χ0v) is 12.2. The molecule has 1 saturated heterocycles. The summed E-state index contributed by atoms with van der Waals surface area (Å²) in [7, 11) is 2.01. The van der Waals surface area contributed by atoms with Crippen LogP contribution in [0.15, 0.2) is 12.5 Å². The van der Waals surface area contributed by atoms with Gasteiger partial charge >= 0.3 is 0 Å². The lowest BCUT2D eigenvalue weighted by Crippen LogP contribution is -2.30. The molecule has 0 aromatic carbocycles. The molecule has 2 unspecified atom stereocenters. The molecule has 1 aromatic rings. The molecular formula is C11H20Cl2N4O. The van der Waals surface area contributed by atoms with Gasteiger partial charge in [-0.15, -0.1) is 24.8 Å². The molecule has 1 aliphatic rings. The number of nitrogens with one attached hydrogen (secondary N) is 2. The van der Waals surface area contributed by atoms with Crippen molar-refractivity contribution in [3.8, 4) is 0 Å². The average Bonchev–Trinajstić information content (AvgIpc) is 2.82. The molecule has 1 amide bonds. The van der Waals surface area contributed by atoms with Crippen LogP contribution in [0.2, 0.25) is 0 Å². The number of aryl methyl sites for hydroxylation is 1. The third-order valence-electron chi connectivity index (χ3n) is 3.19. The highest BCUT2D eigenvalue weighted by atomic mass is 35.5. The van der Waals surface area contributed by atoms with Crippen molar-refractivity contribution in [1.82, 2.24) is 20.2 Å². The van der Waals surface area contributed by atoms with Gasteiger partial charge in [0, 0.05) is 51.4 Å². The summed E-state index contributed by atoms with van der Waals surface area (Å²) >= 11 is 0. The number of nitrogens with zero attached hydrogens (tertiary/aromatic N) is 2. The van der Waals surface area contributed by atoms with Crippen LogP contribution in [0.1, 0.15) is 18.5 Å². The van der Waals surface area contributed by atoms with Crippen LogP contribution < -0.4 is 10.6 Å². The second-order valence-electron chi connectivity index (χ2n) is 4.39. The van der Waals surface area contributed by atoms with Gasteiger partial charge in [-0.25, -0.2) is 4.98 Å². The highest BCUT2D eigenvalue weighted by molar-refractivity contribution is 5.85. The largest absolute Gasteiger partial charge is 0.356 e. The Kier molecular flexibility index (Phi) is 7.28. The fraction of sp³-hybridized carbons (Fsp3) is 0.636. The van der Waals surface area contributed by atoms with Crippen molar-refractivity contribution in [3.63, 3.8) is 0 Å². The smallest absolute Gasteiger partial charge is 0.216 e. The number of hydrogen-bond donors (Lipinski definition) is 2. The molecule has 7 heteroatoms. The lowest BCUT2D eigenvalue weighted by atomic mass is 9.93. The van der Waals surface area contributed by atoms with Crippen molar-refractivity contribution in [1.29, 1.82) is 0 Å². The molecule has 1 fully saturated rings. The molecule has 0 aliphatic carbocycles. The Hall–Kier alpha value is -0.780. The Morgan fingerprint density at radius 1 is 1.56 bits per heavy atom. The van der Waals surface area contributed by atoms with E-state index in [9.17, 15) is 4.79 Å². The van der Waals surface area contributed by atoms with Crippen LogP contribution >= 0.6 is 24.8 Å². The Morgan fingerprint density at radius 2 is 2.28 bits per heavy atom. The first kappa shape index (κ1) is 17.2. The van der Waals surface area contributed by atoms with Gasteiger partial charge in [-0.2, -0.15) is 0 Å². The molecule has 0 saturated carbocycles. The minimum atomic E-state index is 0. The number of amides is 1. The summed E-state index contributed by atoms with van der Waals surface area (Å²) in [4.78, 5) is 15.1. The lowest BCUT2D eigenvalue weighted by Gasteiger charge is -2.18. The molecular weight excluding hydrogens is 275 g/mol. The van der Waals surface area contributed by atoms with Crippen LogP contribution in [0.5, 0.6) is 0 Å². The number of hydrogen-bond acceptors (Lipinski definition) is 3. The predicted octanol–water partition coefficient (Wildman–Crippen LogP) is 0.703. The van der Waals surface area contributed by atoms with Crippen LogP contribution in [-0.2, 0) is 11.8 Å². The van der Waals surface area contributed by atoms with Crippen molar-refractivity contribution in [2.24, 2.45) is 13.0 Å². The van der Waals surface area contributed by atoms with Gasteiger partial charge in [0.1, 0.15) is 0 Å². The van der Waals surface area contributed by atoms with Crippen LogP contribution in [0.3, 0.4) is 0 Å². The van der Waals surface area contributed by atoms with E-state index in [0.29, 0.717) is 11.8 Å². The molecule has 104 valence electrons. The van der Waals surface area contributed by atoms with Gasteiger partial charge < -0.3 is 15.2 Å². The average molecular weight is 295 g/mol. The number of rotatable bonds is 3. The van der Waals surface area contributed by atoms with Gasteiger partial charge in [-0.1, -0.05) is 0 Å². The maximum atomic E-state index is 10.9. The van der Waals surface area contributed by atoms with E-state index in [2.05, 4.69) is 20.2 Å². The molecule has 2 atom stereocenters. The fourth-order valence-electron chi connectivity index (χ4n) is 2.29. The molecule has 1 aromatic heterocycles. The zero-order valence-electron chi connectivity index (χ0n) is 10.5. The number of imidazole rings is 1. The van der Waals surface area contributed by atoms with Gasteiger partial charge in [0.25, 0.3) is 0 Å². The maximum Gasteiger partial charge on any atom is 0.216 e. The maximum absolute atomic E-state index is 10.9. The SMILES string of the molecule is CC(=O)NCC1CNCC1c1cncn1C.Cl.Cl. The monoisotopic (exact) mass is 294 g/mol. The first-order valence-corrected chi connectivity index (χ1v) is 5.60. The molecule has 2 rings (SSSR count). The Morgan fingerprint density at radius 3 is 2.83 bits per heavy atom. The summed E-state index contributed by atoms with van der Waals surface area (Å²) in [5.74, 6) is 0.939. The van der Waals surface area contributed by atoms with E-state index >= 15 is 0 Å². The van der Waals surface area contributed by atoms with Gasteiger partial charge in [0.15, 0.2) is 0 Å². The number of carbonyl (C=O) groups is 1. The highest BCUT2D eigenvalue weighted by Crippen LogP contribution is 2.26. The molecule has 0 bridgehead atoms. The van der Waals surface area contributed by atoms with E-state index in [1.54, 1.807) is 6.92 Å². The number of carbonyl (C=O) groups excluding carboxylic acids is 1. The Bertz CT molecular complexity index is 383. The van der Waals surface area contributed by atoms with Crippen molar-refractivity contribution >= 4 is 30.7 Å². The zero-order chi connectivity index (χ0) is 11.5. The third kappa shape index (κ3) is 3.86. The first-order chi connectivity index (χ1) is 7.68. The van der Waals surface area contributed by atoms with E-state index in [4.69, 9.17) is 0 Å². The summed E-state index contributed by atoms with van der Waals surface area (Å²) < 4.78 is 2.05. The van der Waals surface area contributed by atoms with E-state index in [1.165, 1.54) is 5.69 Å². The van der Waals surface area contributed by atoms with Crippen molar-refractivity contribution in [2.45, 2.75) is 12.8 Å². The highest BCUT2D eigenvalue weighted by Gasteiger charge is 2.30. The summed E-state index contributed by atoms with van der Waals surface area (Å²) in [5, 5.41) is 6.26. The Balaban J connectivity index is 0.00000144. The summed E-state index contributed by atoms with van der Waals surface area (Å²) in [6, 6.07) is 0. The van der Waals surface area contributed by atoms with Gasteiger partial charge in [0.05, 0.1) is 6.33 Å². The van der Waals surface area contributed by atoms with Gasteiger partial charge in [-0.05, 0) is 5.92 Å². The van der Waals surface area contributed by atoms with Crippen LogP contribution in [0.4, 0.5) is 0 Å². The topological polar surface area (TPSA) is 59.0 Å². The summed E-state index contributed by atoms with van der Waals surface area (Å²) in [6.45, 7) is 4.21. The molecule has 0 radical (unpaired) electrons. The lowest BCUT2D eigenvalue weighted by molar-refractivity contribution is -0.119. The van der Waals surface area contributed by atoms with E-state index in [1.807, 2.05) is 19.6 Å². The normalized spacial score (nSPS) is 21.9. The quantitative estimate of drug-likeness (QED) is 0.863. The van der Waals surface area contributed by atoms with Crippen molar-refractivity contribution in [3.05, 3.63) is 18.2 Å². The van der Waals surface area contributed by atoms with Crippen LogP contribution in [-0.4, -0.2) is 35.1 Å². The predicted molar refractivity (Wildman–Crippen MR) is 75.5 cm³/mol. The molecule has 2 N–H and O–H groups in total. The minimum absolute atomic E-state index is 0. The molecule has 18 heavy (non-hydrogen) atoms. The van der Waals surface area contributed by atoms with E-state index < -0.39 is 0 Å². The van der Waals surface area contributed by atoms with E-state index in [-0.39, 0.29) is 30.7 Å². The van der Waals surface area contributed by atoms with Gasteiger partial charge in [0.2, 0.25) is 5.91 Å². The van der Waals surface area contributed by atoms with Crippen LogP contribution in [0.25, 0.3) is 0 Å². The second kappa shape index (κ2) is 7.61. The molecule has 5 nitrogen and oxygen atoms in total.